The van der Waals surface area contributed by atoms with Crippen molar-refractivity contribution in [3.05, 3.63) is 57.4 Å². The van der Waals surface area contributed by atoms with Crippen molar-refractivity contribution in [3.63, 3.8) is 0 Å². The van der Waals surface area contributed by atoms with Crippen LogP contribution in [-0.2, 0) is 21.7 Å². The molecule has 148 valence electrons. The number of benzene rings is 1. The lowest BCUT2D eigenvalue weighted by molar-refractivity contribution is -0.199. The van der Waals surface area contributed by atoms with Crippen LogP contribution in [0.25, 0.3) is 22.3 Å². The second-order valence-corrected chi connectivity index (χ2v) is 7.18. The number of para-hydroxylation sites is 1. The number of fused-ring (bicyclic) bond motifs is 5. The Labute approximate surface area is 163 Å². The highest BCUT2D eigenvalue weighted by molar-refractivity contribution is 5.92. The quantitative estimate of drug-likeness (QED) is 0.295. The molecule has 9 heteroatoms. The maximum Gasteiger partial charge on any atom is 0.345 e. The standard InChI is InChI=1S/C20H17N3O6/c1-2-20(27)13-12(18(25)29-19(20)26)17(24)23-8-10-7-9-5-3-4-6-11(9)21-14(10)16(23)15(13)22-28/h3-7,18,22,25,27-28H,2,8H2,1H3/t18?,20-/m0/s1. The van der Waals surface area contributed by atoms with E-state index in [1.54, 1.807) is 0 Å². The number of aromatic nitrogens is 2. The van der Waals surface area contributed by atoms with E-state index in [9.17, 15) is 25.0 Å². The van der Waals surface area contributed by atoms with Crippen LogP contribution < -0.4 is 11.0 Å². The van der Waals surface area contributed by atoms with Crippen molar-refractivity contribution < 1.29 is 25.0 Å². The van der Waals surface area contributed by atoms with Gasteiger partial charge in [0.25, 0.3) is 5.56 Å². The van der Waals surface area contributed by atoms with E-state index in [-0.39, 0.29) is 35.5 Å². The van der Waals surface area contributed by atoms with Gasteiger partial charge in [0.05, 0.1) is 34.7 Å². The summed E-state index contributed by atoms with van der Waals surface area (Å²) in [6.45, 7) is 1.70. The van der Waals surface area contributed by atoms with Crippen molar-refractivity contribution in [2.24, 2.45) is 0 Å². The lowest BCUT2D eigenvalue weighted by atomic mass is 9.84. The van der Waals surface area contributed by atoms with Gasteiger partial charge >= 0.3 is 5.97 Å². The molecule has 3 aromatic rings. The third-order valence-electron chi connectivity index (χ3n) is 5.70. The van der Waals surface area contributed by atoms with E-state index in [0.29, 0.717) is 11.2 Å². The highest BCUT2D eigenvalue weighted by Gasteiger charge is 2.51. The molecule has 2 aliphatic rings. The Morgan fingerprint density at radius 1 is 1.34 bits per heavy atom. The SMILES string of the molecule is CC[C@@]1(O)C(=O)OC(O)c2c1c(NO)c1n(c2=O)Cc2cc3ccccc3nc2-1. The number of rotatable bonds is 2. The normalized spacial score (nSPS) is 22.1. The zero-order valence-electron chi connectivity index (χ0n) is 15.3. The molecule has 0 saturated heterocycles. The lowest BCUT2D eigenvalue weighted by Gasteiger charge is -2.35. The monoisotopic (exact) mass is 395 g/mol. The van der Waals surface area contributed by atoms with Gasteiger partial charge < -0.3 is 14.9 Å². The Morgan fingerprint density at radius 3 is 2.83 bits per heavy atom. The number of carbonyl (C=O) groups is 1. The van der Waals surface area contributed by atoms with Crippen molar-refractivity contribution in [2.45, 2.75) is 31.8 Å². The number of anilines is 1. The van der Waals surface area contributed by atoms with Crippen LogP contribution in [0.1, 0.15) is 36.3 Å². The van der Waals surface area contributed by atoms with Gasteiger partial charge in [0, 0.05) is 16.5 Å². The average molecular weight is 395 g/mol. The summed E-state index contributed by atoms with van der Waals surface area (Å²) >= 11 is 0. The van der Waals surface area contributed by atoms with E-state index in [4.69, 9.17) is 4.74 Å². The van der Waals surface area contributed by atoms with Gasteiger partial charge in [-0.15, -0.1) is 0 Å². The number of esters is 1. The summed E-state index contributed by atoms with van der Waals surface area (Å²) in [6, 6.07) is 9.34. The smallest absolute Gasteiger partial charge is 0.345 e. The Hall–Kier alpha value is -3.27. The minimum atomic E-state index is -2.20. The first-order chi connectivity index (χ1) is 13.9. The number of nitrogens with one attached hydrogen (secondary N) is 1. The molecule has 0 spiro atoms. The van der Waals surface area contributed by atoms with Gasteiger partial charge in [0.15, 0.2) is 5.60 Å². The number of aliphatic hydroxyl groups is 2. The molecule has 4 N–H and O–H groups in total. The molecule has 2 atom stereocenters. The third kappa shape index (κ3) is 2.17. The molecular weight excluding hydrogens is 378 g/mol. The van der Waals surface area contributed by atoms with Crippen molar-refractivity contribution >= 4 is 22.6 Å². The molecule has 2 aromatic heterocycles. The first-order valence-corrected chi connectivity index (χ1v) is 9.12. The number of hydrogen-bond acceptors (Lipinski definition) is 8. The second kappa shape index (κ2) is 5.86. The van der Waals surface area contributed by atoms with Crippen molar-refractivity contribution in [1.82, 2.24) is 9.55 Å². The summed E-state index contributed by atoms with van der Waals surface area (Å²) in [4.78, 5) is 30.2. The molecule has 0 fully saturated rings. The molecule has 9 nitrogen and oxygen atoms in total. The Bertz CT molecular complexity index is 1270. The fourth-order valence-corrected chi connectivity index (χ4v) is 4.24. The van der Waals surface area contributed by atoms with Crippen molar-refractivity contribution in [2.75, 3.05) is 5.48 Å². The molecule has 1 unspecified atom stereocenters. The highest BCUT2D eigenvalue weighted by Crippen LogP contribution is 2.46. The van der Waals surface area contributed by atoms with Crippen LogP contribution in [0.2, 0.25) is 0 Å². The minimum Gasteiger partial charge on any atom is -0.429 e. The molecule has 0 amide bonds. The summed E-state index contributed by atoms with van der Waals surface area (Å²) in [5, 5.41) is 32.1. The van der Waals surface area contributed by atoms with Crippen LogP contribution in [-0.4, -0.2) is 30.9 Å². The van der Waals surface area contributed by atoms with Crippen LogP contribution in [0.15, 0.2) is 35.1 Å². The van der Waals surface area contributed by atoms with Crippen LogP contribution in [0.4, 0.5) is 5.69 Å². The van der Waals surface area contributed by atoms with Crippen LogP contribution in [0, 0.1) is 0 Å². The number of nitrogens with zero attached hydrogens (tertiary/aromatic N) is 2. The minimum absolute atomic E-state index is 0.0545. The lowest BCUT2D eigenvalue weighted by Crippen LogP contribution is -2.46. The summed E-state index contributed by atoms with van der Waals surface area (Å²) in [6.07, 6.45) is -1.97. The summed E-state index contributed by atoms with van der Waals surface area (Å²) < 4.78 is 6.17. The molecule has 0 saturated carbocycles. The molecule has 0 radical (unpaired) electrons. The zero-order valence-corrected chi connectivity index (χ0v) is 15.3. The fraction of sp³-hybridized carbons (Fsp3) is 0.250. The van der Waals surface area contributed by atoms with Gasteiger partial charge in [0.2, 0.25) is 6.29 Å². The molecule has 1 aromatic carbocycles. The van der Waals surface area contributed by atoms with E-state index in [2.05, 4.69) is 4.98 Å². The van der Waals surface area contributed by atoms with Crippen molar-refractivity contribution in [1.29, 1.82) is 0 Å². The second-order valence-electron chi connectivity index (χ2n) is 7.18. The number of aliphatic hydroxyl groups excluding tert-OH is 1. The largest absolute Gasteiger partial charge is 0.429 e. The molecule has 0 bridgehead atoms. The van der Waals surface area contributed by atoms with Gasteiger partial charge in [-0.05, 0) is 18.6 Å². The molecule has 2 aliphatic heterocycles. The summed E-state index contributed by atoms with van der Waals surface area (Å²) in [5.41, 5.74) is 0.795. The number of hydrogen-bond donors (Lipinski definition) is 4. The summed E-state index contributed by atoms with van der Waals surface area (Å²) in [7, 11) is 0. The molecule has 29 heavy (non-hydrogen) atoms. The van der Waals surface area contributed by atoms with Gasteiger partial charge in [0.1, 0.15) is 0 Å². The van der Waals surface area contributed by atoms with Crippen LogP contribution >= 0.6 is 0 Å². The predicted molar refractivity (Wildman–Crippen MR) is 101 cm³/mol. The van der Waals surface area contributed by atoms with E-state index in [1.165, 1.54) is 11.5 Å². The maximum atomic E-state index is 13.2. The number of cyclic esters (lactones) is 1. The van der Waals surface area contributed by atoms with Crippen LogP contribution in [0.5, 0.6) is 0 Å². The van der Waals surface area contributed by atoms with Gasteiger partial charge in [-0.25, -0.2) is 9.78 Å². The Balaban J connectivity index is 1.91. The Kier molecular flexibility index (Phi) is 3.60. The third-order valence-corrected chi connectivity index (χ3v) is 5.70. The topological polar surface area (TPSA) is 134 Å². The van der Waals surface area contributed by atoms with E-state index >= 15 is 0 Å². The first kappa shape index (κ1) is 17.8. The predicted octanol–water partition coefficient (Wildman–Crippen LogP) is 1.37. The van der Waals surface area contributed by atoms with Crippen LogP contribution in [0.3, 0.4) is 0 Å². The van der Waals surface area contributed by atoms with Gasteiger partial charge in [-0.3, -0.25) is 20.0 Å². The molecule has 0 aliphatic carbocycles. The number of ether oxygens (including phenoxy) is 1. The molecular formula is C20H17N3O6. The highest BCUT2D eigenvalue weighted by atomic mass is 16.6. The molecule has 4 heterocycles. The number of pyridine rings is 2. The Morgan fingerprint density at radius 2 is 2.10 bits per heavy atom. The average Bonchev–Trinajstić information content (AvgIpc) is 3.09. The maximum absolute atomic E-state index is 13.2. The zero-order chi connectivity index (χ0) is 20.5. The summed E-state index contributed by atoms with van der Waals surface area (Å²) in [5.74, 6) is -1.09. The first-order valence-electron chi connectivity index (χ1n) is 9.12. The van der Waals surface area contributed by atoms with E-state index < -0.39 is 23.4 Å². The fourth-order valence-electron chi connectivity index (χ4n) is 4.24. The number of carbonyl (C=O) groups excluding carboxylic acids is 1. The van der Waals surface area contributed by atoms with Crippen molar-refractivity contribution in [3.8, 4) is 11.4 Å². The van der Waals surface area contributed by atoms with Gasteiger partial charge in [-0.2, -0.15) is 0 Å². The van der Waals surface area contributed by atoms with E-state index in [1.807, 2.05) is 35.8 Å². The van der Waals surface area contributed by atoms with E-state index in [0.717, 1.165) is 10.9 Å². The van der Waals surface area contributed by atoms with Gasteiger partial charge in [-0.1, -0.05) is 25.1 Å². The molecule has 5 rings (SSSR count).